The number of nitrogens with zero attached hydrogens (tertiary/aromatic N) is 1. The molecule has 1 N–H and O–H groups in total. The number of nitrogens with one attached hydrogen (secondary N) is 1. The first-order valence-electron chi connectivity index (χ1n) is 7.75. The Balaban J connectivity index is 1.71. The van der Waals surface area contributed by atoms with E-state index in [0.29, 0.717) is 12.3 Å². The SMILES string of the molecule is Cc1nc(CCNC(=O)COc2ccc(C(C)(C)C)cc2)cs1. The third kappa shape index (κ3) is 5.67. The third-order valence-electron chi connectivity index (χ3n) is 3.46. The molecule has 0 saturated heterocycles. The van der Waals surface area contributed by atoms with Crippen LogP contribution in [-0.2, 0) is 16.6 Å². The number of amides is 1. The fourth-order valence-corrected chi connectivity index (χ4v) is 2.75. The Labute approximate surface area is 141 Å². The summed E-state index contributed by atoms with van der Waals surface area (Å²) in [6, 6.07) is 7.90. The van der Waals surface area contributed by atoms with Gasteiger partial charge in [0.2, 0.25) is 0 Å². The lowest BCUT2D eigenvalue weighted by atomic mass is 9.87. The quantitative estimate of drug-likeness (QED) is 0.881. The van der Waals surface area contributed by atoms with Crippen LogP contribution in [0, 0.1) is 6.92 Å². The first-order chi connectivity index (χ1) is 10.8. The van der Waals surface area contributed by atoms with E-state index >= 15 is 0 Å². The highest BCUT2D eigenvalue weighted by Crippen LogP contribution is 2.24. The molecule has 0 aliphatic carbocycles. The summed E-state index contributed by atoms with van der Waals surface area (Å²) in [6.45, 7) is 9.09. The lowest BCUT2D eigenvalue weighted by Crippen LogP contribution is -2.30. The van der Waals surface area contributed by atoms with Gasteiger partial charge in [0, 0.05) is 18.3 Å². The molecule has 1 aromatic carbocycles. The van der Waals surface area contributed by atoms with E-state index < -0.39 is 0 Å². The van der Waals surface area contributed by atoms with Gasteiger partial charge in [-0.25, -0.2) is 4.98 Å². The summed E-state index contributed by atoms with van der Waals surface area (Å²) in [7, 11) is 0. The molecule has 0 radical (unpaired) electrons. The van der Waals surface area contributed by atoms with Crippen molar-refractivity contribution in [2.75, 3.05) is 13.2 Å². The molecule has 124 valence electrons. The van der Waals surface area contributed by atoms with Crippen molar-refractivity contribution >= 4 is 17.2 Å². The molecule has 0 unspecified atom stereocenters. The van der Waals surface area contributed by atoms with E-state index in [-0.39, 0.29) is 17.9 Å². The van der Waals surface area contributed by atoms with Crippen LogP contribution in [0.4, 0.5) is 0 Å². The van der Waals surface area contributed by atoms with Gasteiger partial charge in [0.25, 0.3) is 5.91 Å². The monoisotopic (exact) mass is 332 g/mol. The lowest BCUT2D eigenvalue weighted by Gasteiger charge is -2.19. The number of aryl methyl sites for hydroxylation is 1. The number of ether oxygens (including phenoxy) is 1. The van der Waals surface area contributed by atoms with Crippen molar-refractivity contribution in [1.82, 2.24) is 10.3 Å². The van der Waals surface area contributed by atoms with Crippen LogP contribution < -0.4 is 10.1 Å². The highest BCUT2D eigenvalue weighted by atomic mass is 32.1. The zero-order chi connectivity index (χ0) is 16.9. The van der Waals surface area contributed by atoms with Gasteiger partial charge in [-0.2, -0.15) is 0 Å². The number of carbonyl (C=O) groups is 1. The molecule has 1 aromatic heterocycles. The molecule has 5 heteroatoms. The minimum atomic E-state index is -0.114. The Hall–Kier alpha value is -1.88. The van der Waals surface area contributed by atoms with E-state index in [9.17, 15) is 4.79 Å². The summed E-state index contributed by atoms with van der Waals surface area (Å²) in [6.07, 6.45) is 0.746. The Kier molecular flexibility index (Phi) is 5.77. The van der Waals surface area contributed by atoms with Crippen molar-refractivity contribution in [3.05, 3.63) is 45.9 Å². The van der Waals surface area contributed by atoms with Gasteiger partial charge < -0.3 is 10.1 Å². The van der Waals surface area contributed by atoms with Crippen LogP contribution in [0.1, 0.15) is 37.0 Å². The second kappa shape index (κ2) is 7.59. The molecular weight excluding hydrogens is 308 g/mol. The van der Waals surface area contributed by atoms with Gasteiger partial charge in [-0.15, -0.1) is 11.3 Å². The van der Waals surface area contributed by atoms with Crippen LogP contribution in [-0.4, -0.2) is 24.0 Å². The summed E-state index contributed by atoms with van der Waals surface area (Å²) in [4.78, 5) is 16.1. The molecular formula is C18H24N2O2S. The summed E-state index contributed by atoms with van der Waals surface area (Å²) in [5.41, 5.74) is 2.38. The maximum absolute atomic E-state index is 11.8. The number of rotatable bonds is 6. The number of benzene rings is 1. The van der Waals surface area contributed by atoms with Crippen LogP contribution in [0.15, 0.2) is 29.6 Å². The first-order valence-corrected chi connectivity index (χ1v) is 8.63. The topological polar surface area (TPSA) is 51.2 Å². The van der Waals surface area contributed by atoms with Crippen LogP contribution in [0.5, 0.6) is 5.75 Å². The van der Waals surface area contributed by atoms with Gasteiger partial charge in [-0.3, -0.25) is 4.79 Å². The van der Waals surface area contributed by atoms with Crippen LogP contribution in [0.25, 0.3) is 0 Å². The average molecular weight is 332 g/mol. The predicted molar refractivity (Wildman–Crippen MR) is 94.2 cm³/mol. The largest absolute Gasteiger partial charge is 0.484 e. The van der Waals surface area contributed by atoms with Gasteiger partial charge in [0.15, 0.2) is 6.61 Å². The molecule has 23 heavy (non-hydrogen) atoms. The minimum absolute atomic E-state index is 0.0327. The number of hydrogen-bond acceptors (Lipinski definition) is 4. The standard InChI is InChI=1S/C18H24N2O2S/c1-13-20-15(12-23-13)9-10-19-17(21)11-22-16-7-5-14(6-8-16)18(2,3)4/h5-8,12H,9-11H2,1-4H3,(H,19,21). The van der Waals surface area contributed by atoms with E-state index in [1.807, 2.05) is 36.6 Å². The summed E-state index contributed by atoms with van der Waals surface area (Å²) >= 11 is 1.62. The number of aromatic nitrogens is 1. The molecule has 0 bridgehead atoms. The molecule has 0 aliphatic rings. The number of thiazole rings is 1. The minimum Gasteiger partial charge on any atom is -0.484 e. The Morgan fingerprint density at radius 3 is 2.52 bits per heavy atom. The van der Waals surface area contributed by atoms with Crippen molar-refractivity contribution in [2.24, 2.45) is 0 Å². The van der Waals surface area contributed by atoms with Crippen molar-refractivity contribution in [3.8, 4) is 5.75 Å². The number of carbonyl (C=O) groups excluding carboxylic acids is 1. The second-order valence-corrected chi connectivity index (χ2v) is 7.58. The smallest absolute Gasteiger partial charge is 0.257 e. The lowest BCUT2D eigenvalue weighted by molar-refractivity contribution is -0.123. The van der Waals surface area contributed by atoms with Crippen molar-refractivity contribution in [3.63, 3.8) is 0 Å². The molecule has 0 atom stereocenters. The van der Waals surface area contributed by atoms with Gasteiger partial charge in [-0.05, 0) is 30.0 Å². The van der Waals surface area contributed by atoms with E-state index in [1.54, 1.807) is 11.3 Å². The van der Waals surface area contributed by atoms with E-state index in [2.05, 4.69) is 31.1 Å². The van der Waals surface area contributed by atoms with E-state index in [4.69, 9.17) is 4.74 Å². The summed E-state index contributed by atoms with van der Waals surface area (Å²) in [5, 5.41) is 5.92. The fourth-order valence-electron chi connectivity index (χ4n) is 2.10. The zero-order valence-electron chi connectivity index (χ0n) is 14.2. The van der Waals surface area contributed by atoms with Gasteiger partial charge in [-0.1, -0.05) is 32.9 Å². The summed E-state index contributed by atoms with van der Waals surface area (Å²) < 4.78 is 5.52. The van der Waals surface area contributed by atoms with Crippen LogP contribution in [0.2, 0.25) is 0 Å². The van der Waals surface area contributed by atoms with Gasteiger partial charge in [0.05, 0.1) is 10.7 Å². The first kappa shape index (κ1) is 17.5. The molecule has 2 aromatic rings. The maximum atomic E-state index is 11.8. The van der Waals surface area contributed by atoms with Crippen molar-refractivity contribution in [2.45, 2.75) is 39.5 Å². The highest BCUT2D eigenvalue weighted by Gasteiger charge is 2.13. The normalized spacial score (nSPS) is 11.3. The Morgan fingerprint density at radius 2 is 1.96 bits per heavy atom. The highest BCUT2D eigenvalue weighted by molar-refractivity contribution is 7.09. The van der Waals surface area contributed by atoms with E-state index in [0.717, 1.165) is 17.1 Å². The molecule has 1 amide bonds. The van der Waals surface area contributed by atoms with Gasteiger partial charge >= 0.3 is 0 Å². The van der Waals surface area contributed by atoms with Crippen LogP contribution in [0.3, 0.4) is 0 Å². The maximum Gasteiger partial charge on any atom is 0.257 e. The zero-order valence-corrected chi connectivity index (χ0v) is 15.0. The fraction of sp³-hybridized carbons (Fsp3) is 0.444. The molecule has 4 nitrogen and oxygen atoms in total. The molecule has 1 heterocycles. The third-order valence-corrected chi connectivity index (χ3v) is 4.28. The predicted octanol–water partition coefficient (Wildman–Crippen LogP) is 3.49. The van der Waals surface area contributed by atoms with Crippen molar-refractivity contribution < 1.29 is 9.53 Å². The Bertz CT molecular complexity index is 642. The molecule has 2 rings (SSSR count). The van der Waals surface area contributed by atoms with E-state index in [1.165, 1.54) is 5.56 Å². The molecule has 0 saturated carbocycles. The second-order valence-electron chi connectivity index (χ2n) is 6.52. The molecule has 0 spiro atoms. The number of hydrogen-bond donors (Lipinski definition) is 1. The van der Waals surface area contributed by atoms with Crippen molar-refractivity contribution in [1.29, 1.82) is 0 Å². The molecule has 0 aliphatic heterocycles. The van der Waals surface area contributed by atoms with Gasteiger partial charge in [0.1, 0.15) is 5.75 Å². The average Bonchev–Trinajstić information content (AvgIpc) is 2.90. The molecule has 0 fully saturated rings. The summed E-state index contributed by atoms with van der Waals surface area (Å²) in [5.74, 6) is 0.597. The van der Waals surface area contributed by atoms with Crippen LogP contribution >= 0.6 is 11.3 Å². The Morgan fingerprint density at radius 1 is 1.26 bits per heavy atom.